The number of aromatic hydroxyl groups is 1. The first-order valence-corrected chi connectivity index (χ1v) is 5.71. The average Bonchev–Trinajstić information content (AvgIpc) is 2.80. The lowest BCUT2D eigenvalue weighted by molar-refractivity contribution is 0.360. The maximum Gasteiger partial charge on any atom is 0.164 e. The fourth-order valence-corrected chi connectivity index (χ4v) is 1.85. The highest BCUT2D eigenvalue weighted by atomic mass is 16.5. The largest absolute Gasteiger partial charge is 0.504 e. The van der Waals surface area contributed by atoms with E-state index in [1.807, 2.05) is 6.07 Å². The highest BCUT2D eigenvalue weighted by Gasteiger charge is 2.22. The van der Waals surface area contributed by atoms with Crippen LogP contribution in [0.5, 0.6) is 11.5 Å². The van der Waals surface area contributed by atoms with Gasteiger partial charge in [-0.15, -0.1) is 5.10 Å². The monoisotopic (exact) mass is 247 g/mol. The Hall–Kier alpha value is -2.04. The van der Waals surface area contributed by atoms with E-state index in [1.54, 1.807) is 30.3 Å². The second-order valence-corrected chi connectivity index (χ2v) is 5.14. The highest BCUT2D eigenvalue weighted by Crippen LogP contribution is 2.39. The van der Waals surface area contributed by atoms with E-state index in [-0.39, 0.29) is 11.2 Å². The van der Waals surface area contributed by atoms with Crippen LogP contribution in [-0.4, -0.2) is 27.2 Å². The number of hydrogen-bond donors (Lipinski definition) is 1. The van der Waals surface area contributed by atoms with Gasteiger partial charge >= 0.3 is 0 Å². The molecule has 0 fully saturated rings. The van der Waals surface area contributed by atoms with Crippen molar-refractivity contribution in [1.29, 1.82) is 0 Å². The van der Waals surface area contributed by atoms with E-state index in [0.29, 0.717) is 5.75 Å². The summed E-state index contributed by atoms with van der Waals surface area (Å²) in [6.45, 7) is 6.19. The summed E-state index contributed by atoms with van der Waals surface area (Å²) in [5.74, 6) is 0.613. The Morgan fingerprint density at radius 1 is 1.28 bits per heavy atom. The molecule has 0 radical (unpaired) electrons. The second kappa shape index (κ2) is 4.33. The molecule has 1 aromatic heterocycles. The van der Waals surface area contributed by atoms with Crippen LogP contribution in [0.2, 0.25) is 0 Å². The Bertz CT molecular complexity index is 542. The zero-order chi connectivity index (χ0) is 13.3. The quantitative estimate of drug-likeness (QED) is 0.884. The summed E-state index contributed by atoms with van der Waals surface area (Å²) in [5.41, 5.74) is 1.55. The van der Waals surface area contributed by atoms with Crippen LogP contribution in [0.25, 0.3) is 5.69 Å². The Morgan fingerprint density at radius 2 is 2.00 bits per heavy atom. The fraction of sp³-hybridized carbons (Fsp3) is 0.385. The zero-order valence-corrected chi connectivity index (χ0v) is 11.0. The number of aromatic nitrogens is 3. The molecule has 1 N–H and O–H groups in total. The van der Waals surface area contributed by atoms with Gasteiger partial charge in [-0.05, 0) is 11.5 Å². The van der Waals surface area contributed by atoms with E-state index >= 15 is 0 Å². The van der Waals surface area contributed by atoms with Gasteiger partial charge in [0.05, 0.1) is 25.2 Å². The summed E-state index contributed by atoms with van der Waals surface area (Å²) in [6, 6.07) is 3.57. The van der Waals surface area contributed by atoms with Crippen LogP contribution in [0.1, 0.15) is 26.3 Å². The van der Waals surface area contributed by atoms with E-state index in [0.717, 1.165) is 11.3 Å². The predicted molar refractivity (Wildman–Crippen MR) is 68.3 cm³/mol. The molecule has 5 heteroatoms. The SMILES string of the molecule is COc1c(O)cc(-n2ccnn2)cc1C(C)(C)C. The lowest BCUT2D eigenvalue weighted by atomic mass is 9.85. The van der Waals surface area contributed by atoms with E-state index in [9.17, 15) is 5.11 Å². The molecule has 5 nitrogen and oxygen atoms in total. The molecule has 2 rings (SSSR count). The minimum Gasteiger partial charge on any atom is -0.504 e. The normalized spacial score (nSPS) is 11.6. The molecule has 0 saturated heterocycles. The van der Waals surface area contributed by atoms with Crippen LogP contribution >= 0.6 is 0 Å². The molecule has 1 aromatic carbocycles. The van der Waals surface area contributed by atoms with Gasteiger partial charge < -0.3 is 9.84 Å². The zero-order valence-electron chi connectivity index (χ0n) is 11.0. The summed E-state index contributed by atoms with van der Waals surface area (Å²) in [5, 5.41) is 17.7. The molecule has 0 spiro atoms. The molecule has 18 heavy (non-hydrogen) atoms. The Labute approximate surface area is 106 Å². The molecule has 0 atom stereocenters. The topological polar surface area (TPSA) is 60.2 Å². The summed E-state index contributed by atoms with van der Waals surface area (Å²) in [7, 11) is 1.55. The molecule has 0 bridgehead atoms. The highest BCUT2D eigenvalue weighted by molar-refractivity contribution is 5.55. The standard InChI is InChI=1S/C13H17N3O2/c1-13(2,3)10-7-9(16-6-5-14-15-16)8-11(17)12(10)18-4/h5-8,17H,1-4H3. The molecule has 0 aliphatic rings. The number of benzene rings is 1. The number of ether oxygens (including phenoxy) is 1. The van der Waals surface area contributed by atoms with E-state index in [4.69, 9.17) is 4.74 Å². The van der Waals surface area contributed by atoms with Crippen molar-refractivity contribution in [3.8, 4) is 17.2 Å². The van der Waals surface area contributed by atoms with Gasteiger partial charge in [0.25, 0.3) is 0 Å². The van der Waals surface area contributed by atoms with Gasteiger partial charge in [0, 0.05) is 11.6 Å². The maximum atomic E-state index is 10.0. The summed E-state index contributed by atoms with van der Waals surface area (Å²) >= 11 is 0. The predicted octanol–water partition coefficient (Wildman–Crippen LogP) is 2.28. The van der Waals surface area contributed by atoms with Crippen molar-refractivity contribution in [2.75, 3.05) is 7.11 Å². The first-order chi connectivity index (χ1) is 8.43. The Balaban J connectivity index is 2.64. The molecule has 0 unspecified atom stereocenters. The molecule has 0 amide bonds. The molecular weight excluding hydrogens is 230 g/mol. The molecular formula is C13H17N3O2. The van der Waals surface area contributed by atoms with Gasteiger partial charge in [-0.25, -0.2) is 4.68 Å². The van der Waals surface area contributed by atoms with E-state index in [2.05, 4.69) is 31.1 Å². The third kappa shape index (κ3) is 2.16. The van der Waals surface area contributed by atoms with Crippen molar-refractivity contribution in [3.05, 3.63) is 30.1 Å². The minimum absolute atomic E-state index is 0.107. The van der Waals surface area contributed by atoms with Crippen molar-refractivity contribution in [2.24, 2.45) is 0 Å². The van der Waals surface area contributed by atoms with Gasteiger partial charge in [-0.3, -0.25) is 0 Å². The molecule has 2 aromatic rings. The van der Waals surface area contributed by atoms with Crippen LogP contribution in [-0.2, 0) is 5.41 Å². The third-order valence-electron chi connectivity index (χ3n) is 2.75. The summed E-state index contributed by atoms with van der Waals surface area (Å²) in [6.07, 6.45) is 3.33. The Morgan fingerprint density at radius 3 is 2.50 bits per heavy atom. The first kappa shape index (κ1) is 12.4. The summed E-state index contributed by atoms with van der Waals surface area (Å²) < 4.78 is 6.89. The van der Waals surface area contributed by atoms with E-state index < -0.39 is 0 Å². The summed E-state index contributed by atoms with van der Waals surface area (Å²) in [4.78, 5) is 0. The van der Waals surface area contributed by atoms with E-state index in [1.165, 1.54) is 0 Å². The van der Waals surface area contributed by atoms with Gasteiger partial charge in [-0.1, -0.05) is 26.0 Å². The van der Waals surface area contributed by atoms with Crippen LogP contribution in [0.3, 0.4) is 0 Å². The van der Waals surface area contributed by atoms with Gasteiger partial charge in [0.2, 0.25) is 0 Å². The van der Waals surface area contributed by atoms with Crippen molar-refractivity contribution in [2.45, 2.75) is 26.2 Å². The molecule has 0 aliphatic carbocycles. The van der Waals surface area contributed by atoms with Crippen molar-refractivity contribution in [1.82, 2.24) is 15.0 Å². The van der Waals surface area contributed by atoms with Crippen LogP contribution in [0.4, 0.5) is 0 Å². The number of phenols is 1. The number of rotatable bonds is 2. The number of phenolic OH excluding ortho intramolecular Hbond substituents is 1. The second-order valence-electron chi connectivity index (χ2n) is 5.14. The van der Waals surface area contributed by atoms with Crippen LogP contribution in [0, 0.1) is 0 Å². The van der Waals surface area contributed by atoms with Gasteiger partial charge in [-0.2, -0.15) is 0 Å². The van der Waals surface area contributed by atoms with Crippen molar-refractivity contribution < 1.29 is 9.84 Å². The molecule has 96 valence electrons. The first-order valence-electron chi connectivity index (χ1n) is 5.71. The van der Waals surface area contributed by atoms with Crippen molar-refractivity contribution >= 4 is 0 Å². The average molecular weight is 247 g/mol. The van der Waals surface area contributed by atoms with Crippen molar-refractivity contribution in [3.63, 3.8) is 0 Å². The molecule has 0 aliphatic heterocycles. The minimum atomic E-state index is -0.139. The number of methoxy groups -OCH3 is 1. The van der Waals surface area contributed by atoms with Gasteiger partial charge in [0.1, 0.15) is 0 Å². The van der Waals surface area contributed by atoms with Crippen LogP contribution < -0.4 is 4.74 Å². The lowest BCUT2D eigenvalue weighted by Gasteiger charge is -2.23. The number of nitrogens with zero attached hydrogens (tertiary/aromatic N) is 3. The lowest BCUT2D eigenvalue weighted by Crippen LogP contribution is -2.14. The van der Waals surface area contributed by atoms with Gasteiger partial charge in [0.15, 0.2) is 11.5 Å². The molecule has 1 heterocycles. The van der Waals surface area contributed by atoms with Crippen LogP contribution in [0.15, 0.2) is 24.5 Å². The number of hydrogen-bond acceptors (Lipinski definition) is 4. The smallest absolute Gasteiger partial charge is 0.164 e. The maximum absolute atomic E-state index is 10.0. The Kier molecular flexibility index (Phi) is 2.98. The fourth-order valence-electron chi connectivity index (χ4n) is 1.85. The molecule has 0 saturated carbocycles. The third-order valence-corrected chi connectivity index (χ3v) is 2.75.